The number of ether oxygens (including phenoxy) is 3. The maximum atomic E-state index is 12.5. The van der Waals surface area contributed by atoms with Crippen molar-refractivity contribution in [1.82, 2.24) is 4.90 Å². The summed E-state index contributed by atoms with van der Waals surface area (Å²) in [4.78, 5) is 39.4. The highest BCUT2D eigenvalue weighted by Gasteiger charge is 2.30. The monoisotopic (exact) mass is 650 g/mol. The Kier molecular flexibility index (Phi) is 30.0. The third kappa shape index (κ3) is 30.5. The van der Waals surface area contributed by atoms with E-state index in [4.69, 9.17) is 14.2 Å². The molecule has 0 aromatic carbocycles. The normalized spacial score (nSPS) is 12.0. The molecule has 46 heavy (non-hydrogen) atoms. The van der Waals surface area contributed by atoms with Crippen LogP contribution in [0.5, 0.6) is 0 Å². The lowest BCUT2D eigenvalue weighted by Crippen LogP contribution is -2.37. The molecular weight excluding hydrogens is 578 g/mol. The topological polar surface area (TPSA) is 82.1 Å². The number of nitrogens with zero attached hydrogens (tertiary/aromatic N) is 1. The summed E-state index contributed by atoms with van der Waals surface area (Å²) in [5, 5.41) is 0. The zero-order chi connectivity index (χ0) is 34.1. The standard InChI is InChI=1S/C39H71NO6/c1-6-8-10-12-14-16-18-20-22-24-26-29-36(41)44-33-39(3,35-46-38(43)31-28-32-40(4)5)34-45-37(42)30-27-25-23-21-19-17-15-13-11-9-7-2/h12-15H,6-11,16-35H2,1-5H3/b14-12-,15-13-. The fourth-order valence-electron chi connectivity index (χ4n) is 4.88. The first-order valence-electron chi connectivity index (χ1n) is 18.6. The van der Waals surface area contributed by atoms with E-state index in [1.54, 1.807) is 0 Å². The number of unbranched alkanes of at least 4 members (excludes halogenated alkanes) is 14. The van der Waals surface area contributed by atoms with Crippen LogP contribution in [-0.2, 0) is 28.6 Å². The predicted octanol–water partition coefficient (Wildman–Crippen LogP) is 9.92. The van der Waals surface area contributed by atoms with Gasteiger partial charge in [-0.2, -0.15) is 0 Å². The summed E-state index contributed by atoms with van der Waals surface area (Å²) in [6.07, 6.45) is 31.1. The molecule has 0 aromatic heterocycles. The van der Waals surface area contributed by atoms with Gasteiger partial charge >= 0.3 is 17.9 Å². The van der Waals surface area contributed by atoms with E-state index in [1.807, 2.05) is 25.9 Å². The van der Waals surface area contributed by atoms with Crippen molar-refractivity contribution in [3.05, 3.63) is 24.3 Å². The van der Waals surface area contributed by atoms with E-state index < -0.39 is 5.41 Å². The van der Waals surface area contributed by atoms with Gasteiger partial charge in [-0.15, -0.1) is 0 Å². The molecule has 0 bridgehead atoms. The fourth-order valence-corrected chi connectivity index (χ4v) is 4.88. The Hall–Kier alpha value is -2.15. The summed E-state index contributed by atoms with van der Waals surface area (Å²) in [5.74, 6) is -0.811. The van der Waals surface area contributed by atoms with Gasteiger partial charge in [0, 0.05) is 19.3 Å². The van der Waals surface area contributed by atoms with E-state index in [1.165, 1.54) is 64.2 Å². The smallest absolute Gasteiger partial charge is 0.305 e. The van der Waals surface area contributed by atoms with Crippen LogP contribution < -0.4 is 0 Å². The Balaban J connectivity index is 4.45. The summed E-state index contributed by atoms with van der Waals surface area (Å²) < 4.78 is 16.8. The lowest BCUT2D eigenvalue weighted by Gasteiger charge is -2.28. The van der Waals surface area contributed by atoms with Gasteiger partial charge in [-0.05, 0) is 85.4 Å². The minimum Gasteiger partial charge on any atom is -0.465 e. The molecule has 268 valence electrons. The Bertz CT molecular complexity index is 758. The van der Waals surface area contributed by atoms with Crippen molar-refractivity contribution >= 4 is 17.9 Å². The number of hydrogen-bond donors (Lipinski definition) is 0. The Morgan fingerprint density at radius 2 is 0.826 bits per heavy atom. The number of carbonyl (C=O) groups excluding carboxylic acids is 3. The summed E-state index contributed by atoms with van der Waals surface area (Å²) in [6.45, 7) is 7.19. The lowest BCUT2D eigenvalue weighted by molar-refractivity contribution is -0.160. The van der Waals surface area contributed by atoms with Crippen LogP contribution in [0.3, 0.4) is 0 Å². The fraction of sp³-hybridized carbons (Fsp3) is 0.821. The van der Waals surface area contributed by atoms with Crippen LogP contribution in [0, 0.1) is 5.41 Å². The first kappa shape index (κ1) is 43.9. The third-order valence-corrected chi connectivity index (χ3v) is 8.02. The molecule has 0 spiro atoms. The van der Waals surface area contributed by atoms with Gasteiger partial charge in [-0.25, -0.2) is 0 Å². The Labute approximate surface area is 283 Å². The maximum absolute atomic E-state index is 12.5. The number of carbonyl (C=O) groups is 3. The molecule has 7 nitrogen and oxygen atoms in total. The van der Waals surface area contributed by atoms with E-state index in [9.17, 15) is 14.4 Å². The molecule has 0 aromatic rings. The maximum Gasteiger partial charge on any atom is 0.305 e. The summed E-state index contributed by atoms with van der Waals surface area (Å²) in [5.41, 5.74) is -0.794. The van der Waals surface area contributed by atoms with Crippen LogP contribution in [0.4, 0.5) is 0 Å². The van der Waals surface area contributed by atoms with Crippen molar-refractivity contribution in [2.75, 3.05) is 40.5 Å². The van der Waals surface area contributed by atoms with Crippen molar-refractivity contribution < 1.29 is 28.6 Å². The number of allylic oxidation sites excluding steroid dienone is 4. The minimum absolute atomic E-state index is 0.0359. The first-order chi connectivity index (χ1) is 22.2. The van der Waals surface area contributed by atoms with Gasteiger partial charge in [0.15, 0.2) is 0 Å². The van der Waals surface area contributed by atoms with Gasteiger partial charge in [0.1, 0.15) is 19.8 Å². The third-order valence-electron chi connectivity index (χ3n) is 8.02. The van der Waals surface area contributed by atoms with Crippen molar-refractivity contribution in [2.24, 2.45) is 5.41 Å². The largest absolute Gasteiger partial charge is 0.465 e. The van der Waals surface area contributed by atoms with E-state index in [0.29, 0.717) is 25.7 Å². The second-order valence-corrected chi connectivity index (χ2v) is 13.5. The molecule has 0 rings (SSSR count). The van der Waals surface area contributed by atoms with Crippen LogP contribution >= 0.6 is 0 Å². The highest BCUT2D eigenvalue weighted by Crippen LogP contribution is 2.21. The average Bonchev–Trinajstić information content (AvgIpc) is 3.03. The zero-order valence-corrected chi connectivity index (χ0v) is 30.6. The van der Waals surface area contributed by atoms with Crippen molar-refractivity contribution in [2.45, 2.75) is 162 Å². The van der Waals surface area contributed by atoms with Crippen molar-refractivity contribution in [1.29, 1.82) is 0 Å². The molecule has 0 radical (unpaired) electrons. The molecular formula is C39H71NO6. The van der Waals surface area contributed by atoms with Crippen LogP contribution in [0.15, 0.2) is 24.3 Å². The average molecular weight is 650 g/mol. The molecule has 0 aliphatic carbocycles. The molecule has 0 aliphatic heterocycles. The van der Waals surface area contributed by atoms with Crippen molar-refractivity contribution in [3.8, 4) is 0 Å². The quantitative estimate of drug-likeness (QED) is 0.0310. The van der Waals surface area contributed by atoms with Gasteiger partial charge < -0.3 is 19.1 Å². The molecule has 0 atom stereocenters. The molecule has 0 fully saturated rings. The van der Waals surface area contributed by atoms with E-state index in [-0.39, 0.29) is 37.7 Å². The molecule has 0 aliphatic rings. The minimum atomic E-state index is -0.794. The van der Waals surface area contributed by atoms with Crippen LogP contribution in [0.25, 0.3) is 0 Å². The molecule has 0 saturated heterocycles. The zero-order valence-electron chi connectivity index (χ0n) is 30.6. The van der Waals surface area contributed by atoms with Gasteiger partial charge in [0.05, 0.1) is 5.41 Å². The summed E-state index contributed by atoms with van der Waals surface area (Å²) in [7, 11) is 3.93. The number of rotatable bonds is 32. The molecule has 7 heteroatoms. The van der Waals surface area contributed by atoms with Crippen LogP contribution in [0.1, 0.15) is 162 Å². The molecule has 0 amide bonds. The van der Waals surface area contributed by atoms with Crippen LogP contribution in [0.2, 0.25) is 0 Å². The molecule has 0 N–H and O–H groups in total. The molecule has 0 heterocycles. The Morgan fingerprint density at radius 3 is 1.20 bits per heavy atom. The van der Waals surface area contributed by atoms with E-state index in [0.717, 1.165) is 57.9 Å². The van der Waals surface area contributed by atoms with Gasteiger partial charge in [0.25, 0.3) is 0 Å². The number of hydrogen-bond acceptors (Lipinski definition) is 7. The number of esters is 3. The Morgan fingerprint density at radius 1 is 0.500 bits per heavy atom. The summed E-state index contributed by atoms with van der Waals surface area (Å²) >= 11 is 0. The second-order valence-electron chi connectivity index (χ2n) is 13.5. The first-order valence-corrected chi connectivity index (χ1v) is 18.6. The van der Waals surface area contributed by atoms with Crippen LogP contribution in [-0.4, -0.2) is 63.3 Å². The van der Waals surface area contributed by atoms with Gasteiger partial charge in [-0.1, -0.05) is 102 Å². The van der Waals surface area contributed by atoms with Crippen molar-refractivity contribution in [3.63, 3.8) is 0 Å². The highest BCUT2D eigenvalue weighted by molar-refractivity contribution is 5.70. The van der Waals surface area contributed by atoms with E-state index >= 15 is 0 Å². The van der Waals surface area contributed by atoms with Gasteiger partial charge in [0.2, 0.25) is 0 Å². The molecule has 0 unspecified atom stereocenters. The lowest BCUT2D eigenvalue weighted by atomic mass is 9.94. The SMILES string of the molecule is CCCC/C=C\CCCCCCCC(=O)OCC(C)(COC(=O)CCCCCCC/C=C\CCCC)COC(=O)CCCN(C)C. The predicted molar refractivity (Wildman–Crippen MR) is 191 cm³/mol. The highest BCUT2D eigenvalue weighted by atomic mass is 16.6. The second kappa shape index (κ2) is 31.4. The molecule has 0 saturated carbocycles. The van der Waals surface area contributed by atoms with E-state index in [2.05, 4.69) is 38.2 Å². The summed E-state index contributed by atoms with van der Waals surface area (Å²) in [6, 6.07) is 0. The van der Waals surface area contributed by atoms with Gasteiger partial charge in [-0.3, -0.25) is 14.4 Å².